The number of hydrogen-bond donors (Lipinski definition) is 1. The molecule has 2 aromatic rings. The highest BCUT2D eigenvalue weighted by Gasteiger charge is 2.24. The topological polar surface area (TPSA) is 92.8 Å². The van der Waals surface area contributed by atoms with Gasteiger partial charge in [0.2, 0.25) is 10.0 Å². The number of ether oxygens (including phenoxy) is 1. The Morgan fingerprint density at radius 3 is 2.39 bits per heavy atom. The third-order valence-corrected chi connectivity index (χ3v) is 5.72. The van der Waals surface area contributed by atoms with E-state index in [1.807, 2.05) is 26.0 Å². The highest BCUT2D eigenvalue weighted by molar-refractivity contribution is 7.89. The average molecular weight is 408 g/mol. The van der Waals surface area contributed by atoms with Gasteiger partial charge in [0.1, 0.15) is 12.4 Å². The normalized spacial score (nSPS) is 11.3. The van der Waals surface area contributed by atoms with E-state index in [9.17, 15) is 22.4 Å². The Balaban J connectivity index is 1.90. The Morgan fingerprint density at radius 1 is 1.11 bits per heavy atom. The van der Waals surface area contributed by atoms with Crippen LogP contribution in [0.25, 0.3) is 0 Å². The highest BCUT2D eigenvalue weighted by Crippen LogP contribution is 2.16. The quantitative estimate of drug-likeness (QED) is 0.710. The number of sulfonamides is 1. The average Bonchev–Trinajstić information content (AvgIpc) is 2.63. The first-order chi connectivity index (χ1) is 13.1. The van der Waals surface area contributed by atoms with Crippen LogP contribution >= 0.6 is 0 Å². The molecule has 0 bridgehead atoms. The molecule has 1 amide bonds. The maximum absolute atomic E-state index is 12.9. The number of aryl methyl sites for hydroxylation is 2. The van der Waals surface area contributed by atoms with Gasteiger partial charge in [0, 0.05) is 12.7 Å². The minimum Gasteiger partial charge on any atom is -0.455 e. The summed E-state index contributed by atoms with van der Waals surface area (Å²) >= 11 is 0. The molecule has 0 aliphatic rings. The number of halogens is 1. The van der Waals surface area contributed by atoms with Gasteiger partial charge in [0.25, 0.3) is 5.91 Å². The minimum absolute atomic E-state index is 0.156. The van der Waals surface area contributed by atoms with Crippen LogP contribution in [0.2, 0.25) is 0 Å². The largest absolute Gasteiger partial charge is 0.455 e. The first-order valence-electron chi connectivity index (χ1n) is 8.34. The maximum Gasteiger partial charge on any atom is 0.321 e. The van der Waals surface area contributed by atoms with Gasteiger partial charge in [-0.05, 0) is 55.3 Å². The molecule has 0 spiro atoms. The SMILES string of the molecule is Cc1ccc(C)c(NC(=O)COC(=O)CN(C)S(=O)(=O)c2ccc(F)cc2)c1. The molecule has 0 aliphatic heterocycles. The Bertz CT molecular complexity index is 974. The maximum atomic E-state index is 12.9. The lowest BCUT2D eigenvalue weighted by Gasteiger charge is -2.16. The molecule has 0 atom stereocenters. The monoisotopic (exact) mass is 408 g/mol. The van der Waals surface area contributed by atoms with Crippen molar-refractivity contribution >= 4 is 27.6 Å². The predicted molar refractivity (Wildman–Crippen MR) is 102 cm³/mol. The van der Waals surface area contributed by atoms with E-state index in [4.69, 9.17) is 4.74 Å². The number of esters is 1. The molecule has 0 saturated carbocycles. The summed E-state index contributed by atoms with van der Waals surface area (Å²) in [7, 11) is -2.79. The van der Waals surface area contributed by atoms with Crippen LogP contribution in [0.4, 0.5) is 10.1 Å². The van der Waals surface area contributed by atoms with E-state index in [1.165, 1.54) is 7.05 Å². The summed E-state index contributed by atoms with van der Waals surface area (Å²) in [5.74, 6) is -1.99. The van der Waals surface area contributed by atoms with Crippen LogP contribution in [0.15, 0.2) is 47.4 Å². The predicted octanol–water partition coefficient (Wildman–Crippen LogP) is 2.24. The van der Waals surface area contributed by atoms with Crippen LogP contribution in [-0.4, -0.2) is 44.8 Å². The number of likely N-dealkylation sites (N-methyl/N-ethyl adjacent to an activating group) is 1. The molecule has 28 heavy (non-hydrogen) atoms. The highest BCUT2D eigenvalue weighted by atomic mass is 32.2. The summed E-state index contributed by atoms with van der Waals surface area (Å²) in [5, 5.41) is 2.64. The van der Waals surface area contributed by atoms with E-state index in [0.717, 1.165) is 39.7 Å². The number of rotatable bonds is 7. The number of anilines is 1. The molecule has 0 heterocycles. The molecule has 150 valence electrons. The van der Waals surface area contributed by atoms with Gasteiger partial charge in [0.05, 0.1) is 4.90 Å². The molecule has 0 saturated heterocycles. The number of nitrogens with one attached hydrogen (secondary N) is 1. The van der Waals surface area contributed by atoms with Gasteiger partial charge in [-0.3, -0.25) is 9.59 Å². The first-order valence-corrected chi connectivity index (χ1v) is 9.78. The zero-order valence-electron chi connectivity index (χ0n) is 15.7. The van der Waals surface area contributed by atoms with Crippen molar-refractivity contribution in [3.63, 3.8) is 0 Å². The van der Waals surface area contributed by atoms with Gasteiger partial charge in [-0.1, -0.05) is 12.1 Å². The van der Waals surface area contributed by atoms with Crippen molar-refractivity contribution in [1.82, 2.24) is 4.31 Å². The van der Waals surface area contributed by atoms with Gasteiger partial charge in [-0.15, -0.1) is 0 Å². The van der Waals surface area contributed by atoms with Crippen molar-refractivity contribution in [2.45, 2.75) is 18.7 Å². The molecule has 0 aliphatic carbocycles. The van der Waals surface area contributed by atoms with Crippen LogP contribution in [0, 0.1) is 19.7 Å². The van der Waals surface area contributed by atoms with Crippen molar-refractivity contribution in [1.29, 1.82) is 0 Å². The zero-order chi connectivity index (χ0) is 20.9. The van der Waals surface area contributed by atoms with Crippen LogP contribution in [0.3, 0.4) is 0 Å². The molecule has 0 fully saturated rings. The first kappa shape index (κ1) is 21.5. The smallest absolute Gasteiger partial charge is 0.321 e. The van der Waals surface area contributed by atoms with Crippen LogP contribution in [-0.2, 0) is 24.3 Å². The van der Waals surface area contributed by atoms with Crippen molar-refractivity contribution in [3.8, 4) is 0 Å². The second-order valence-corrected chi connectivity index (χ2v) is 8.29. The van der Waals surface area contributed by atoms with Crippen molar-refractivity contribution in [2.24, 2.45) is 0 Å². The van der Waals surface area contributed by atoms with Crippen molar-refractivity contribution < 1.29 is 27.1 Å². The van der Waals surface area contributed by atoms with E-state index in [1.54, 1.807) is 6.07 Å². The van der Waals surface area contributed by atoms with Crippen LogP contribution in [0.5, 0.6) is 0 Å². The number of carbonyl (C=O) groups is 2. The standard InChI is InChI=1S/C19H21FN2O5S/c1-13-4-5-14(2)17(10-13)21-18(23)12-27-19(24)11-22(3)28(25,26)16-8-6-15(20)7-9-16/h4-10H,11-12H2,1-3H3,(H,21,23). The summed E-state index contributed by atoms with van der Waals surface area (Å²) in [5.41, 5.74) is 2.43. The Hall–Kier alpha value is -2.78. The molecule has 0 unspecified atom stereocenters. The fourth-order valence-electron chi connectivity index (χ4n) is 2.30. The fourth-order valence-corrected chi connectivity index (χ4v) is 3.42. The third-order valence-electron chi connectivity index (χ3n) is 3.90. The lowest BCUT2D eigenvalue weighted by molar-refractivity contribution is -0.147. The number of carbonyl (C=O) groups excluding carboxylic acids is 2. The second kappa shape index (κ2) is 8.94. The van der Waals surface area contributed by atoms with E-state index >= 15 is 0 Å². The lowest BCUT2D eigenvalue weighted by Crippen LogP contribution is -2.34. The second-order valence-electron chi connectivity index (χ2n) is 6.24. The molecule has 0 aromatic heterocycles. The molecule has 2 aromatic carbocycles. The Kier molecular flexibility index (Phi) is 6.87. The van der Waals surface area contributed by atoms with Gasteiger partial charge < -0.3 is 10.1 Å². The van der Waals surface area contributed by atoms with Crippen molar-refractivity contribution in [2.75, 3.05) is 25.5 Å². The molecule has 7 nitrogen and oxygen atoms in total. The van der Waals surface area contributed by atoms with Crippen LogP contribution in [0.1, 0.15) is 11.1 Å². The molecule has 9 heteroatoms. The lowest BCUT2D eigenvalue weighted by atomic mass is 10.1. The van der Waals surface area contributed by atoms with Crippen molar-refractivity contribution in [3.05, 3.63) is 59.4 Å². The molecule has 2 rings (SSSR count). The van der Waals surface area contributed by atoms with E-state index in [0.29, 0.717) is 5.69 Å². The summed E-state index contributed by atoms with van der Waals surface area (Å²) in [6.07, 6.45) is 0. The van der Waals surface area contributed by atoms with Gasteiger partial charge in [-0.25, -0.2) is 12.8 Å². The number of nitrogens with zero attached hydrogens (tertiary/aromatic N) is 1. The summed E-state index contributed by atoms with van der Waals surface area (Å²) in [4.78, 5) is 23.7. The Labute approximate surface area is 163 Å². The summed E-state index contributed by atoms with van der Waals surface area (Å²) in [6.45, 7) is 2.58. The number of amides is 1. The fraction of sp³-hybridized carbons (Fsp3) is 0.263. The van der Waals surface area contributed by atoms with E-state index < -0.39 is 40.9 Å². The summed E-state index contributed by atoms with van der Waals surface area (Å²) in [6, 6.07) is 9.77. The van der Waals surface area contributed by atoms with Gasteiger partial charge >= 0.3 is 5.97 Å². The summed E-state index contributed by atoms with van der Waals surface area (Å²) < 4.78 is 43.3. The molecule has 0 radical (unpaired) electrons. The number of benzene rings is 2. The molecular weight excluding hydrogens is 387 g/mol. The minimum atomic E-state index is -3.98. The molecule has 1 N–H and O–H groups in total. The number of hydrogen-bond acceptors (Lipinski definition) is 5. The van der Waals surface area contributed by atoms with E-state index in [-0.39, 0.29) is 4.90 Å². The Morgan fingerprint density at radius 2 is 1.75 bits per heavy atom. The van der Waals surface area contributed by atoms with E-state index in [2.05, 4.69) is 5.32 Å². The third kappa shape index (κ3) is 5.61. The van der Waals surface area contributed by atoms with Crippen LogP contribution < -0.4 is 5.32 Å². The van der Waals surface area contributed by atoms with Gasteiger partial charge in [0.15, 0.2) is 6.61 Å². The zero-order valence-corrected chi connectivity index (χ0v) is 16.5. The molecular formula is C19H21FN2O5S. The van der Waals surface area contributed by atoms with Gasteiger partial charge in [-0.2, -0.15) is 4.31 Å².